The zero-order valence-electron chi connectivity index (χ0n) is 17.6. The highest BCUT2D eigenvalue weighted by atomic mass is 16.5. The standard InChI is InChI=1S/C23H37N3O2/c1-3-24-22(26-18-23(14-16-27-2)12-7-8-13-23)25-17-20-11-15-28-21(20)19-9-5-4-6-10-19/h4-6,9-10,20-21H,3,7-8,11-18H2,1-2H3,(H2,24,25,26). The van der Waals surface area contributed by atoms with Crippen LogP contribution < -0.4 is 10.6 Å². The number of hydrogen-bond acceptors (Lipinski definition) is 3. The summed E-state index contributed by atoms with van der Waals surface area (Å²) in [5.41, 5.74) is 1.60. The van der Waals surface area contributed by atoms with E-state index in [4.69, 9.17) is 14.5 Å². The molecule has 1 heterocycles. The Morgan fingerprint density at radius 1 is 1.21 bits per heavy atom. The van der Waals surface area contributed by atoms with Gasteiger partial charge in [0.25, 0.3) is 0 Å². The molecular weight excluding hydrogens is 350 g/mol. The number of guanidine groups is 1. The highest BCUT2D eigenvalue weighted by Gasteiger charge is 2.33. The second-order valence-electron chi connectivity index (χ2n) is 8.28. The van der Waals surface area contributed by atoms with Gasteiger partial charge in [0.05, 0.1) is 6.10 Å². The van der Waals surface area contributed by atoms with E-state index in [0.717, 1.165) is 51.6 Å². The number of nitrogens with one attached hydrogen (secondary N) is 2. The molecule has 1 saturated carbocycles. The summed E-state index contributed by atoms with van der Waals surface area (Å²) in [7, 11) is 1.80. The molecule has 0 bridgehead atoms. The fourth-order valence-corrected chi connectivity index (χ4v) is 4.60. The van der Waals surface area contributed by atoms with Crippen LogP contribution in [0.5, 0.6) is 0 Å². The predicted molar refractivity (Wildman–Crippen MR) is 115 cm³/mol. The van der Waals surface area contributed by atoms with Crippen LogP contribution in [0.15, 0.2) is 35.3 Å². The molecule has 1 aliphatic heterocycles. The molecule has 1 aromatic rings. The van der Waals surface area contributed by atoms with Gasteiger partial charge in [-0.2, -0.15) is 0 Å². The van der Waals surface area contributed by atoms with Crippen molar-refractivity contribution in [1.29, 1.82) is 0 Å². The van der Waals surface area contributed by atoms with Crippen molar-refractivity contribution in [2.75, 3.05) is 40.0 Å². The van der Waals surface area contributed by atoms with Gasteiger partial charge in [0, 0.05) is 45.9 Å². The Hall–Kier alpha value is -1.59. The molecule has 0 radical (unpaired) electrons. The first-order valence-electron chi connectivity index (χ1n) is 10.9. The Kier molecular flexibility index (Phi) is 8.16. The minimum atomic E-state index is 0.180. The minimum absolute atomic E-state index is 0.180. The van der Waals surface area contributed by atoms with Crippen molar-refractivity contribution in [1.82, 2.24) is 10.6 Å². The first-order valence-corrected chi connectivity index (χ1v) is 10.9. The van der Waals surface area contributed by atoms with Crippen LogP contribution in [-0.4, -0.2) is 45.9 Å². The van der Waals surface area contributed by atoms with E-state index in [1.807, 2.05) is 0 Å². The van der Waals surface area contributed by atoms with Crippen molar-refractivity contribution < 1.29 is 9.47 Å². The Morgan fingerprint density at radius 3 is 2.71 bits per heavy atom. The molecule has 0 amide bonds. The van der Waals surface area contributed by atoms with Crippen LogP contribution in [0.3, 0.4) is 0 Å². The fourth-order valence-electron chi connectivity index (χ4n) is 4.60. The highest BCUT2D eigenvalue weighted by molar-refractivity contribution is 5.79. The van der Waals surface area contributed by atoms with Gasteiger partial charge in [-0.15, -0.1) is 0 Å². The maximum atomic E-state index is 6.03. The largest absolute Gasteiger partial charge is 0.385 e. The fraction of sp³-hybridized carbons (Fsp3) is 0.696. The van der Waals surface area contributed by atoms with E-state index >= 15 is 0 Å². The quantitative estimate of drug-likeness (QED) is 0.498. The average molecular weight is 388 g/mol. The van der Waals surface area contributed by atoms with Crippen LogP contribution in [0, 0.1) is 11.3 Å². The molecule has 3 rings (SSSR count). The van der Waals surface area contributed by atoms with Gasteiger partial charge in [0.2, 0.25) is 0 Å². The number of benzene rings is 1. The van der Waals surface area contributed by atoms with Crippen LogP contribution >= 0.6 is 0 Å². The third-order valence-electron chi connectivity index (χ3n) is 6.29. The molecule has 0 aromatic heterocycles. The number of aliphatic imine (C=N–C) groups is 1. The lowest BCUT2D eigenvalue weighted by Gasteiger charge is -2.27. The smallest absolute Gasteiger partial charge is 0.191 e. The lowest BCUT2D eigenvalue weighted by molar-refractivity contribution is 0.0915. The van der Waals surface area contributed by atoms with Crippen LogP contribution in [-0.2, 0) is 9.47 Å². The van der Waals surface area contributed by atoms with Crippen molar-refractivity contribution in [3.05, 3.63) is 35.9 Å². The maximum absolute atomic E-state index is 6.03. The first kappa shape index (κ1) is 21.1. The number of methoxy groups -OCH3 is 1. The van der Waals surface area contributed by atoms with Crippen LogP contribution in [0.2, 0.25) is 0 Å². The second-order valence-corrected chi connectivity index (χ2v) is 8.28. The van der Waals surface area contributed by atoms with E-state index in [0.29, 0.717) is 11.3 Å². The van der Waals surface area contributed by atoms with Crippen molar-refractivity contribution in [3.63, 3.8) is 0 Å². The molecule has 1 aromatic carbocycles. The van der Waals surface area contributed by atoms with Gasteiger partial charge in [-0.05, 0) is 43.6 Å². The Bertz CT molecular complexity index is 599. The SMILES string of the molecule is CCNC(=NCC1(CCOC)CCCC1)NCC1CCOC1c1ccccc1. The minimum Gasteiger partial charge on any atom is -0.385 e. The summed E-state index contributed by atoms with van der Waals surface area (Å²) in [5.74, 6) is 1.41. The van der Waals surface area contributed by atoms with Gasteiger partial charge in [0.15, 0.2) is 5.96 Å². The van der Waals surface area contributed by atoms with E-state index in [1.54, 1.807) is 7.11 Å². The summed E-state index contributed by atoms with van der Waals surface area (Å²) in [6.45, 7) is 6.43. The second kappa shape index (κ2) is 10.8. The van der Waals surface area contributed by atoms with Gasteiger partial charge >= 0.3 is 0 Å². The van der Waals surface area contributed by atoms with E-state index < -0.39 is 0 Å². The number of nitrogens with zero attached hydrogens (tertiary/aromatic N) is 1. The molecular formula is C23H37N3O2. The van der Waals surface area contributed by atoms with Crippen LogP contribution in [0.25, 0.3) is 0 Å². The average Bonchev–Trinajstić information content (AvgIpc) is 3.39. The van der Waals surface area contributed by atoms with Crippen LogP contribution in [0.1, 0.15) is 57.1 Å². The third kappa shape index (κ3) is 5.71. The highest BCUT2D eigenvalue weighted by Crippen LogP contribution is 2.41. The van der Waals surface area contributed by atoms with E-state index in [-0.39, 0.29) is 6.10 Å². The van der Waals surface area contributed by atoms with Crippen LogP contribution in [0.4, 0.5) is 0 Å². The number of hydrogen-bond donors (Lipinski definition) is 2. The number of rotatable bonds is 9. The van der Waals surface area contributed by atoms with Gasteiger partial charge in [-0.25, -0.2) is 0 Å². The van der Waals surface area contributed by atoms with Crippen molar-refractivity contribution in [2.45, 2.75) is 51.6 Å². The topological polar surface area (TPSA) is 54.9 Å². The van der Waals surface area contributed by atoms with Gasteiger partial charge in [-0.1, -0.05) is 43.2 Å². The van der Waals surface area contributed by atoms with Gasteiger partial charge in [0.1, 0.15) is 0 Å². The lowest BCUT2D eigenvalue weighted by atomic mass is 9.83. The predicted octanol–water partition coefficient (Wildman–Crippen LogP) is 3.92. The zero-order valence-corrected chi connectivity index (χ0v) is 17.6. The molecule has 0 spiro atoms. The van der Waals surface area contributed by atoms with E-state index in [2.05, 4.69) is 47.9 Å². The Balaban J connectivity index is 1.58. The maximum Gasteiger partial charge on any atom is 0.191 e. The molecule has 1 saturated heterocycles. The van der Waals surface area contributed by atoms with Gasteiger partial charge in [-0.3, -0.25) is 4.99 Å². The summed E-state index contributed by atoms with van der Waals surface area (Å²) in [6, 6.07) is 10.6. The van der Waals surface area contributed by atoms with E-state index in [1.165, 1.54) is 31.2 Å². The molecule has 156 valence electrons. The molecule has 2 aliphatic rings. The number of ether oxygens (including phenoxy) is 2. The molecule has 2 atom stereocenters. The first-order chi connectivity index (χ1) is 13.8. The third-order valence-corrected chi connectivity index (χ3v) is 6.29. The molecule has 28 heavy (non-hydrogen) atoms. The summed E-state index contributed by atoms with van der Waals surface area (Å²) in [6.07, 6.45) is 7.56. The molecule has 1 aliphatic carbocycles. The summed E-state index contributed by atoms with van der Waals surface area (Å²) < 4.78 is 11.4. The Morgan fingerprint density at radius 2 is 2.00 bits per heavy atom. The normalized spacial score (nSPS) is 24.4. The zero-order chi connectivity index (χ0) is 19.7. The van der Waals surface area contributed by atoms with Gasteiger partial charge < -0.3 is 20.1 Å². The van der Waals surface area contributed by atoms with Crippen molar-refractivity contribution in [2.24, 2.45) is 16.3 Å². The van der Waals surface area contributed by atoms with Crippen molar-refractivity contribution in [3.8, 4) is 0 Å². The molecule has 2 unspecified atom stereocenters. The summed E-state index contributed by atoms with van der Waals surface area (Å²) in [5, 5.41) is 7.01. The lowest BCUT2D eigenvalue weighted by Crippen LogP contribution is -2.41. The Labute approximate surface area is 170 Å². The summed E-state index contributed by atoms with van der Waals surface area (Å²) >= 11 is 0. The monoisotopic (exact) mass is 387 g/mol. The van der Waals surface area contributed by atoms with Crippen molar-refractivity contribution >= 4 is 5.96 Å². The van der Waals surface area contributed by atoms with E-state index in [9.17, 15) is 0 Å². The molecule has 5 heteroatoms. The molecule has 5 nitrogen and oxygen atoms in total. The summed E-state index contributed by atoms with van der Waals surface area (Å²) in [4.78, 5) is 4.98. The molecule has 2 N–H and O–H groups in total. The molecule has 2 fully saturated rings.